The molecular formula is C10H12BCl2NO. The smallest absolute Gasteiger partial charge is 0.216 e. The van der Waals surface area contributed by atoms with E-state index in [4.69, 9.17) is 23.2 Å². The van der Waals surface area contributed by atoms with Gasteiger partial charge in [-0.2, -0.15) is 0 Å². The van der Waals surface area contributed by atoms with Crippen LogP contribution in [0, 0.1) is 6.92 Å². The number of rotatable bonds is 3. The van der Waals surface area contributed by atoms with E-state index in [0.29, 0.717) is 22.1 Å². The predicted molar refractivity (Wildman–Crippen MR) is 67.6 cm³/mol. The maximum atomic E-state index is 11.3. The summed E-state index contributed by atoms with van der Waals surface area (Å²) >= 11 is 11.9. The number of benzene rings is 1. The minimum absolute atomic E-state index is 0.0199. The Morgan fingerprint density at radius 3 is 2.40 bits per heavy atom. The van der Waals surface area contributed by atoms with Crippen LogP contribution in [0.25, 0.3) is 0 Å². The Kier molecular flexibility index (Phi) is 4.49. The lowest BCUT2D eigenvalue weighted by atomic mass is 9.78. The van der Waals surface area contributed by atoms with Gasteiger partial charge in [0.05, 0.1) is 0 Å². The van der Waals surface area contributed by atoms with Gasteiger partial charge in [-0.15, -0.1) is 0 Å². The minimum Gasteiger partial charge on any atom is -0.327 e. The highest BCUT2D eigenvalue weighted by Gasteiger charge is 2.06. The quantitative estimate of drug-likeness (QED) is 0.813. The summed E-state index contributed by atoms with van der Waals surface area (Å²) in [7, 11) is 0.819. The Bertz CT molecular complexity index is 359. The molecule has 0 aliphatic carbocycles. The SMILES string of the molecule is CBCC(=O)Nc1cc(Cl)c(C)c(Cl)c1. The molecule has 1 amide bonds. The van der Waals surface area contributed by atoms with Crippen molar-refractivity contribution in [3.8, 4) is 0 Å². The highest BCUT2D eigenvalue weighted by molar-refractivity contribution is 6.40. The van der Waals surface area contributed by atoms with Gasteiger partial charge in [-0.1, -0.05) is 30.0 Å². The second-order valence-corrected chi connectivity index (χ2v) is 4.18. The summed E-state index contributed by atoms with van der Waals surface area (Å²) in [5, 5.41) is 3.87. The van der Waals surface area contributed by atoms with Crippen molar-refractivity contribution >= 4 is 42.1 Å². The number of nitrogens with one attached hydrogen (secondary N) is 1. The van der Waals surface area contributed by atoms with E-state index < -0.39 is 0 Å². The average molecular weight is 244 g/mol. The number of halogens is 2. The summed E-state index contributed by atoms with van der Waals surface area (Å²) < 4.78 is 0. The Morgan fingerprint density at radius 2 is 1.93 bits per heavy atom. The van der Waals surface area contributed by atoms with Crippen LogP contribution in [-0.4, -0.2) is 13.2 Å². The fourth-order valence-corrected chi connectivity index (χ4v) is 1.66. The van der Waals surface area contributed by atoms with E-state index in [1.807, 2.05) is 13.7 Å². The van der Waals surface area contributed by atoms with E-state index in [-0.39, 0.29) is 5.91 Å². The molecule has 0 unspecified atom stereocenters. The normalized spacial score (nSPS) is 9.87. The van der Waals surface area contributed by atoms with E-state index in [2.05, 4.69) is 5.32 Å². The molecule has 1 rings (SSSR count). The first-order chi connectivity index (χ1) is 7.04. The summed E-state index contributed by atoms with van der Waals surface area (Å²) in [5.41, 5.74) is 1.47. The highest BCUT2D eigenvalue weighted by atomic mass is 35.5. The number of carbonyl (C=O) groups is 1. The zero-order chi connectivity index (χ0) is 11.4. The second-order valence-electron chi connectivity index (χ2n) is 3.36. The monoisotopic (exact) mass is 243 g/mol. The second kappa shape index (κ2) is 5.43. The van der Waals surface area contributed by atoms with E-state index in [9.17, 15) is 4.79 Å². The standard InChI is InChI=1S/C10H12BCl2NO/c1-6-8(12)3-7(4-9(6)13)14-10(15)5-11-2/h3-4,11H,5H2,1-2H3,(H,14,15). The van der Waals surface area contributed by atoms with Gasteiger partial charge < -0.3 is 5.32 Å². The first-order valence-corrected chi connectivity index (χ1v) is 5.55. The summed E-state index contributed by atoms with van der Waals surface area (Å²) in [6, 6.07) is 3.41. The first-order valence-electron chi connectivity index (χ1n) is 4.80. The Morgan fingerprint density at radius 1 is 1.40 bits per heavy atom. The maximum absolute atomic E-state index is 11.3. The van der Waals surface area contributed by atoms with Crippen molar-refractivity contribution in [3.63, 3.8) is 0 Å². The van der Waals surface area contributed by atoms with Gasteiger partial charge in [-0.05, 0) is 24.6 Å². The van der Waals surface area contributed by atoms with Crippen LogP contribution in [0.4, 0.5) is 5.69 Å². The molecule has 1 N–H and O–H groups in total. The molecule has 0 aliphatic heterocycles. The lowest BCUT2D eigenvalue weighted by Crippen LogP contribution is -2.12. The summed E-state index contributed by atoms with van der Waals surface area (Å²) in [4.78, 5) is 11.3. The van der Waals surface area contributed by atoms with E-state index >= 15 is 0 Å². The number of hydrogen-bond donors (Lipinski definition) is 1. The largest absolute Gasteiger partial charge is 0.327 e. The van der Waals surface area contributed by atoms with Crippen molar-refractivity contribution in [1.29, 1.82) is 0 Å². The molecule has 0 fully saturated rings. The third kappa shape index (κ3) is 3.43. The van der Waals surface area contributed by atoms with Crippen LogP contribution >= 0.6 is 23.2 Å². The predicted octanol–water partition coefficient (Wildman–Crippen LogP) is 3.14. The van der Waals surface area contributed by atoms with Gasteiger partial charge in [0, 0.05) is 22.1 Å². The van der Waals surface area contributed by atoms with Gasteiger partial charge >= 0.3 is 0 Å². The number of anilines is 1. The minimum atomic E-state index is -0.0199. The molecule has 80 valence electrons. The molecule has 0 saturated heterocycles. The van der Waals surface area contributed by atoms with Crippen molar-refractivity contribution in [3.05, 3.63) is 27.7 Å². The highest BCUT2D eigenvalue weighted by Crippen LogP contribution is 2.28. The van der Waals surface area contributed by atoms with Crippen molar-refractivity contribution in [1.82, 2.24) is 0 Å². The van der Waals surface area contributed by atoms with Crippen molar-refractivity contribution in [2.24, 2.45) is 0 Å². The zero-order valence-electron chi connectivity index (χ0n) is 8.73. The Labute approximate surface area is 100 Å². The topological polar surface area (TPSA) is 29.1 Å². The van der Waals surface area contributed by atoms with Gasteiger partial charge in [0.25, 0.3) is 0 Å². The molecule has 0 bridgehead atoms. The molecule has 0 spiro atoms. The van der Waals surface area contributed by atoms with Crippen molar-refractivity contribution in [2.75, 3.05) is 5.32 Å². The first kappa shape index (κ1) is 12.4. The molecule has 0 aliphatic rings. The molecule has 0 atom stereocenters. The van der Waals surface area contributed by atoms with Crippen molar-refractivity contribution < 1.29 is 4.79 Å². The Balaban J connectivity index is 2.83. The van der Waals surface area contributed by atoms with Gasteiger partial charge in [0.15, 0.2) is 0 Å². The molecule has 0 radical (unpaired) electrons. The van der Waals surface area contributed by atoms with E-state index in [1.54, 1.807) is 12.1 Å². The lowest BCUT2D eigenvalue weighted by Gasteiger charge is -2.07. The molecule has 0 heterocycles. The number of carbonyl (C=O) groups excluding carboxylic acids is 1. The van der Waals surface area contributed by atoms with Gasteiger partial charge in [-0.3, -0.25) is 4.79 Å². The van der Waals surface area contributed by atoms with Crippen LogP contribution in [0.3, 0.4) is 0 Å². The lowest BCUT2D eigenvalue weighted by molar-refractivity contribution is -0.114. The molecule has 15 heavy (non-hydrogen) atoms. The average Bonchev–Trinajstić information content (AvgIpc) is 2.14. The molecule has 1 aromatic carbocycles. The summed E-state index contributed by atoms with van der Waals surface area (Å²) in [5.74, 6) is -0.0199. The molecule has 0 aromatic heterocycles. The number of amides is 1. The van der Waals surface area contributed by atoms with Gasteiger partial charge in [0.2, 0.25) is 5.91 Å². The van der Waals surface area contributed by atoms with Crippen molar-refractivity contribution in [2.45, 2.75) is 20.1 Å². The fraction of sp³-hybridized carbons (Fsp3) is 0.300. The molecule has 2 nitrogen and oxygen atoms in total. The summed E-state index contributed by atoms with van der Waals surface area (Å²) in [6.45, 7) is 3.79. The van der Waals surface area contributed by atoms with Crippen LogP contribution in [-0.2, 0) is 4.79 Å². The molecular weight excluding hydrogens is 232 g/mol. The van der Waals surface area contributed by atoms with Crippen LogP contribution in [0.2, 0.25) is 23.2 Å². The zero-order valence-corrected chi connectivity index (χ0v) is 10.2. The number of hydrogen-bond acceptors (Lipinski definition) is 1. The van der Waals surface area contributed by atoms with Crippen LogP contribution < -0.4 is 5.32 Å². The molecule has 1 aromatic rings. The molecule has 5 heteroatoms. The van der Waals surface area contributed by atoms with Gasteiger partial charge in [-0.25, -0.2) is 0 Å². The Hall–Kier alpha value is -0.665. The van der Waals surface area contributed by atoms with Crippen LogP contribution in [0.1, 0.15) is 5.56 Å². The third-order valence-electron chi connectivity index (χ3n) is 2.04. The van der Waals surface area contributed by atoms with E-state index in [1.165, 1.54) is 0 Å². The molecule has 0 saturated carbocycles. The summed E-state index contributed by atoms with van der Waals surface area (Å²) in [6.07, 6.45) is 0.503. The maximum Gasteiger partial charge on any atom is 0.216 e. The third-order valence-corrected chi connectivity index (χ3v) is 2.83. The van der Waals surface area contributed by atoms with Gasteiger partial charge in [0.1, 0.15) is 7.28 Å². The van der Waals surface area contributed by atoms with Crippen LogP contribution in [0.15, 0.2) is 12.1 Å². The van der Waals surface area contributed by atoms with E-state index in [0.717, 1.165) is 12.8 Å². The fourth-order valence-electron chi connectivity index (χ4n) is 1.17. The van der Waals surface area contributed by atoms with Crippen LogP contribution in [0.5, 0.6) is 0 Å².